The second kappa shape index (κ2) is 7.53. The first kappa shape index (κ1) is 20.6. The van der Waals surface area contributed by atoms with Gasteiger partial charge < -0.3 is 14.4 Å². The van der Waals surface area contributed by atoms with E-state index in [1.807, 2.05) is 0 Å². The molecular weight excluding hydrogens is 413 g/mol. The zero-order valence-corrected chi connectivity index (χ0v) is 16.8. The third kappa shape index (κ3) is 3.65. The van der Waals surface area contributed by atoms with Crippen molar-refractivity contribution in [3.05, 3.63) is 59.2 Å². The Morgan fingerprint density at radius 1 is 1.06 bits per heavy atom. The lowest BCUT2D eigenvalue weighted by Gasteiger charge is -2.15. The number of fused-ring (bicyclic) bond motifs is 1. The fraction of sp³-hybridized carbons (Fsp3) is 0.238. The SMILES string of the molecule is COc1cc(-c2cc(C)c3c(n2)CN(c2ccc(C(F)(F)F)nc2)C3=O)cnc1OC. The molecule has 160 valence electrons. The third-order valence-electron chi connectivity index (χ3n) is 4.94. The Labute approximate surface area is 175 Å². The van der Waals surface area contributed by atoms with Crippen LogP contribution in [0.25, 0.3) is 11.3 Å². The van der Waals surface area contributed by atoms with Gasteiger partial charge in [-0.15, -0.1) is 0 Å². The Kier molecular flexibility index (Phi) is 5.00. The lowest BCUT2D eigenvalue weighted by molar-refractivity contribution is -0.141. The molecule has 3 aromatic rings. The summed E-state index contributed by atoms with van der Waals surface area (Å²) in [5.41, 5.74) is 2.16. The van der Waals surface area contributed by atoms with Crippen molar-refractivity contribution in [2.45, 2.75) is 19.6 Å². The fourth-order valence-corrected chi connectivity index (χ4v) is 3.44. The highest BCUT2D eigenvalue weighted by Crippen LogP contribution is 2.35. The van der Waals surface area contributed by atoms with Crippen molar-refractivity contribution in [2.75, 3.05) is 19.1 Å². The molecule has 0 N–H and O–H groups in total. The minimum absolute atomic E-state index is 0.122. The van der Waals surface area contributed by atoms with Gasteiger partial charge in [0.1, 0.15) is 5.69 Å². The number of carbonyl (C=O) groups excluding carboxylic acids is 1. The summed E-state index contributed by atoms with van der Waals surface area (Å²) < 4.78 is 48.8. The molecule has 1 amide bonds. The summed E-state index contributed by atoms with van der Waals surface area (Å²) in [4.78, 5) is 26.5. The van der Waals surface area contributed by atoms with Crippen LogP contribution in [0, 0.1) is 6.92 Å². The van der Waals surface area contributed by atoms with Crippen molar-refractivity contribution < 1.29 is 27.4 Å². The quantitative estimate of drug-likeness (QED) is 0.622. The smallest absolute Gasteiger partial charge is 0.433 e. The molecule has 0 aliphatic carbocycles. The van der Waals surface area contributed by atoms with E-state index in [9.17, 15) is 18.0 Å². The molecule has 0 spiro atoms. The molecule has 4 heterocycles. The molecule has 0 fully saturated rings. The van der Waals surface area contributed by atoms with Crippen LogP contribution in [0.1, 0.15) is 27.3 Å². The molecule has 0 saturated carbocycles. The third-order valence-corrected chi connectivity index (χ3v) is 4.94. The summed E-state index contributed by atoms with van der Waals surface area (Å²) in [5.74, 6) is 0.437. The van der Waals surface area contributed by atoms with Gasteiger partial charge in [0.15, 0.2) is 5.75 Å². The normalized spacial score (nSPS) is 13.4. The molecule has 3 aromatic heterocycles. The van der Waals surface area contributed by atoms with E-state index in [4.69, 9.17) is 9.47 Å². The summed E-state index contributed by atoms with van der Waals surface area (Å²) in [6.45, 7) is 1.90. The van der Waals surface area contributed by atoms with Crippen molar-refractivity contribution >= 4 is 11.6 Å². The number of carbonyl (C=O) groups is 1. The number of anilines is 1. The molecule has 0 radical (unpaired) electrons. The molecule has 10 heteroatoms. The van der Waals surface area contributed by atoms with Crippen molar-refractivity contribution in [1.29, 1.82) is 0 Å². The monoisotopic (exact) mass is 430 g/mol. The Bertz CT molecular complexity index is 1160. The first-order chi connectivity index (χ1) is 14.7. The van der Waals surface area contributed by atoms with E-state index in [0.29, 0.717) is 39.7 Å². The van der Waals surface area contributed by atoms with Crippen LogP contribution in [0.15, 0.2) is 36.7 Å². The average Bonchev–Trinajstić information content (AvgIpc) is 3.09. The minimum Gasteiger partial charge on any atom is -0.491 e. The Balaban J connectivity index is 1.68. The van der Waals surface area contributed by atoms with Crippen LogP contribution in [0.3, 0.4) is 0 Å². The van der Waals surface area contributed by atoms with Crippen molar-refractivity contribution in [3.8, 4) is 22.9 Å². The maximum atomic E-state index is 12.9. The molecule has 0 aromatic carbocycles. The molecule has 0 bridgehead atoms. The predicted octanol–water partition coefficient (Wildman–Crippen LogP) is 4.04. The van der Waals surface area contributed by atoms with Crippen molar-refractivity contribution in [2.24, 2.45) is 0 Å². The average molecular weight is 430 g/mol. The first-order valence-electron chi connectivity index (χ1n) is 9.17. The summed E-state index contributed by atoms with van der Waals surface area (Å²) in [7, 11) is 2.98. The topological polar surface area (TPSA) is 77.4 Å². The standard InChI is InChI=1S/C21H17F3N4O3/c1-11-6-14(12-7-16(30-2)19(31-3)26-8-12)27-15-10-28(20(29)18(11)15)13-4-5-17(25-9-13)21(22,23)24/h4-9H,10H2,1-3H3. The minimum atomic E-state index is -4.54. The van der Waals surface area contributed by atoms with E-state index in [-0.39, 0.29) is 18.1 Å². The van der Waals surface area contributed by atoms with E-state index in [1.165, 1.54) is 25.2 Å². The molecule has 0 atom stereocenters. The Hall–Kier alpha value is -3.69. The summed E-state index contributed by atoms with van der Waals surface area (Å²) in [5, 5.41) is 0. The molecule has 0 saturated heterocycles. The number of amides is 1. The van der Waals surface area contributed by atoms with Gasteiger partial charge in [-0.3, -0.25) is 9.78 Å². The molecular formula is C21H17F3N4O3. The molecule has 31 heavy (non-hydrogen) atoms. The van der Waals surface area contributed by atoms with Crippen LogP contribution in [0.2, 0.25) is 0 Å². The number of pyridine rings is 3. The fourth-order valence-electron chi connectivity index (χ4n) is 3.44. The number of hydrogen-bond donors (Lipinski definition) is 0. The number of aryl methyl sites for hydroxylation is 1. The molecule has 0 unspecified atom stereocenters. The van der Waals surface area contributed by atoms with Gasteiger partial charge in [0.05, 0.1) is 49.6 Å². The number of halogens is 3. The van der Waals surface area contributed by atoms with Gasteiger partial charge in [-0.1, -0.05) is 0 Å². The highest BCUT2D eigenvalue weighted by atomic mass is 19.4. The first-order valence-corrected chi connectivity index (χ1v) is 9.17. The van der Waals surface area contributed by atoms with E-state index in [0.717, 1.165) is 12.3 Å². The van der Waals surface area contributed by atoms with Gasteiger partial charge in [0.2, 0.25) is 0 Å². The highest BCUT2D eigenvalue weighted by molar-refractivity contribution is 6.10. The number of hydrogen-bond acceptors (Lipinski definition) is 6. The number of rotatable bonds is 4. The Morgan fingerprint density at radius 3 is 2.45 bits per heavy atom. The summed E-state index contributed by atoms with van der Waals surface area (Å²) in [6.07, 6.45) is -1.91. The largest absolute Gasteiger partial charge is 0.491 e. The number of alkyl halides is 3. The van der Waals surface area contributed by atoms with E-state index < -0.39 is 11.9 Å². The molecule has 1 aliphatic rings. The maximum Gasteiger partial charge on any atom is 0.433 e. The van der Waals surface area contributed by atoms with Crippen LogP contribution in [-0.4, -0.2) is 35.1 Å². The zero-order valence-electron chi connectivity index (χ0n) is 16.8. The van der Waals surface area contributed by atoms with Gasteiger partial charge in [-0.05, 0) is 36.8 Å². The van der Waals surface area contributed by atoms with Crippen LogP contribution >= 0.6 is 0 Å². The molecule has 1 aliphatic heterocycles. The van der Waals surface area contributed by atoms with Gasteiger partial charge in [0, 0.05) is 11.8 Å². The Morgan fingerprint density at radius 2 is 1.84 bits per heavy atom. The second-order valence-corrected chi connectivity index (χ2v) is 6.87. The maximum absolute atomic E-state index is 12.9. The van der Waals surface area contributed by atoms with Crippen LogP contribution in [0.4, 0.5) is 18.9 Å². The summed E-state index contributed by atoms with van der Waals surface area (Å²) in [6, 6.07) is 5.57. The van der Waals surface area contributed by atoms with E-state index in [1.54, 1.807) is 25.3 Å². The molecule has 7 nitrogen and oxygen atoms in total. The van der Waals surface area contributed by atoms with E-state index in [2.05, 4.69) is 15.0 Å². The van der Waals surface area contributed by atoms with Crippen LogP contribution in [0.5, 0.6) is 11.6 Å². The van der Waals surface area contributed by atoms with Gasteiger partial charge >= 0.3 is 6.18 Å². The van der Waals surface area contributed by atoms with Crippen LogP contribution < -0.4 is 14.4 Å². The van der Waals surface area contributed by atoms with Crippen molar-refractivity contribution in [1.82, 2.24) is 15.0 Å². The van der Waals surface area contributed by atoms with Gasteiger partial charge in [-0.25, -0.2) is 9.97 Å². The number of aromatic nitrogens is 3. The predicted molar refractivity (Wildman–Crippen MR) is 105 cm³/mol. The highest BCUT2D eigenvalue weighted by Gasteiger charge is 2.35. The second-order valence-electron chi connectivity index (χ2n) is 6.87. The number of methoxy groups -OCH3 is 2. The van der Waals surface area contributed by atoms with E-state index >= 15 is 0 Å². The number of ether oxygens (including phenoxy) is 2. The number of nitrogens with zero attached hydrogens (tertiary/aromatic N) is 4. The van der Waals surface area contributed by atoms with Crippen molar-refractivity contribution in [3.63, 3.8) is 0 Å². The molecule has 4 rings (SSSR count). The van der Waals surface area contributed by atoms with Crippen LogP contribution in [-0.2, 0) is 12.7 Å². The lowest BCUT2D eigenvalue weighted by Crippen LogP contribution is -2.23. The summed E-state index contributed by atoms with van der Waals surface area (Å²) >= 11 is 0. The zero-order chi connectivity index (χ0) is 22.3. The van der Waals surface area contributed by atoms with Gasteiger partial charge in [-0.2, -0.15) is 13.2 Å². The lowest BCUT2D eigenvalue weighted by atomic mass is 10.0. The van der Waals surface area contributed by atoms with Gasteiger partial charge in [0.25, 0.3) is 11.8 Å².